The normalized spacial score (nSPS) is 11.4. The summed E-state index contributed by atoms with van der Waals surface area (Å²) in [6.07, 6.45) is 0.919. The fourth-order valence-corrected chi connectivity index (χ4v) is 0.683. The maximum absolute atomic E-state index is 10.2. The van der Waals surface area contributed by atoms with Crippen molar-refractivity contribution in [3.63, 3.8) is 0 Å². The summed E-state index contributed by atoms with van der Waals surface area (Å²) in [5, 5.41) is 16.6. The Balaban J connectivity index is 0. The third-order valence-electron chi connectivity index (χ3n) is 1.45. The molecular weight excluding hydrogens is 171 g/mol. The zero-order valence-corrected chi connectivity index (χ0v) is 6.41. The molecule has 0 aromatic carbocycles. The van der Waals surface area contributed by atoms with E-state index in [4.69, 9.17) is 10.2 Å². The minimum atomic E-state index is -0.873. The molecule has 66 valence electrons. The molecule has 4 nitrogen and oxygen atoms in total. The van der Waals surface area contributed by atoms with E-state index in [1.165, 1.54) is 0 Å². The molecule has 0 fully saturated rings. The second kappa shape index (κ2) is 7.58. The molecule has 0 aliphatic heterocycles. The van der Waals surface area contributed by atoms with E-state index >= 15 is 0 Å². The van der Waals surface area contributed by atoms with E-state index in [-0.39, 0.29) is 36.0 Å². The van der Waals surface area contributed by atoms with Gasteiger partial charge in [-0.1, -0.05) is 6.92 Å². The van der Waals surface area contributed by atoms with Crippen LogP contribution in [0.5, 0.6) is 0 Å². The van der Waals surface area contributed by atoms with Gasteiger partial charge in [-0.3, -0.25) is 9.59 Å². The number of carboxylic acid groups (broad SMARTS) is 2. The summed E-state index contributed by atoms with van der Waals surface area (Å²) in [5.41, 5.74) is 0. The number of carbonyl (C=O) groups is 2. The fourth-order valence-electron chi connectivity index (χ4n) is 0.683. The fraction of sp³-hybridized carbons (Fsp3) is 0.714. The molecule has 0 saturated carbocycles. The summed E-state index contributed by atoms with van der Waals surface area (Å²) in [7, 11) is 0. The molecule has 0 spiro atoms. The van der Waals surface area contributed by atoms with Crippen LogP contribution in [0.2, 0.25) is 0 Å². The van der Waals surface area contributed by atoms with Gasteiger partial charge in [-0.05, 0) is 12.8 Å². The van der Waals surface area contributed by atoms with Crippen molar-refractivity contribution in [2.45, 2.75) is 26.2 Å². The van der Waals surface area contributed by atoms with Crippen LogP contribution in [0.25, 0.3) is 0 Å². The second-order valence-corrected chi connectivity index (χ2v) is 2.53. The molecule has 1 unspecified atom stereocenters. The van der Waals surface area contributed by atoms with E-state index in [0.717, 1.165) is 0 Å². The van der Waals surface area contributed by atoms with Crippen LogP contribution in [-0.2, 0) is 9.59 Å². The van der Waals surface area contributed by atoms with Gasteiger partial charge in [0.2, 0.25) is 0 Å². The molecule has 12 heavy (non-hydrogen) atoms. The van der Waals surface area contributed by atoms with Crippen LogP contribution in [0.1, 0.15) is 26.2 Å². The maximum atomic E-state index is 10.2. The predicted molar refractivity (Wildman–Crippen MR) is 45.4 cm³/mol. The average Bonchev–Trinajstić information content (AvgIpc) is 1.86. The summed E-state index contributed by atoms with van der Waals surface area (Å²) < 4.78 is 0. The van der Waals surface area contributed by atoms with Crippen LogP contribution < -0.4 is 0 Å². The first kappa shape index (κ1) is 14.5. The molecular formula is C7H13NaO4. The van der Waals surface area contributed by atoms with E-state index < -0.39 is 17.9 Å². The van der Waals surface area contributed by atoms with Gasteiger partial charge >= 0.3 is 41.5 Å². The van der Waals surface area contributed by atoms with Crippen LogP contribution >= 0.6 is 0 Å². The monoisotopic (exact) mass is 184 g/mol. The Labute approximate surface area is 93.3 Å². The number of carboxylic acids is 2. The predicted octanol–water partition coefficient (Wildman–Crippen LogP) is 0.313. The van der Waals surface area contributed by atoms with Gasteiger partial charge in [-0.2, -0.15) is 0 Å². The summed E-state index contributed by atoms with van der Waals surface area (Å²) >= 11 is 0. The molecule has 0 aromatic heterocycles. The van der Waals surface area contributed by atoms with Crippen molar-refractivity contribution in [2.75, 3.05) is 0 Å². The van der Waals surface area contributed by atoms with Crippen LogP contribution in [0.3, 0.4) is 0 Å². The van der Waals surface area contributed by atoms with E-state index in [0.29, 0.717) is 12.8 Å². The Morgan fingerprint density at radius 1 is 1.33 bits per heavy atom. The van der Waals surface area contributed by atoms with Crippen molar-refractivity contribution in [3.05, 3.63) is 0 Å². The Morgan fingerprint density at radius 2 is 1.83 bits per heavy atom. The van der Waals surface area contributed by atoms with Crippen molar-refractivity contribution in [2.24, 2.45) is 5.92 Å². The number of aliphatic carboxylic acids is 2. The molecule has 0 rings (SSSR count). The third kappa shape index (κ3) is 8.04. The molecule has 0 aliphatic rings. The average molecular weight is 184 g/mol. The molecule has 0 bridgehead atoms. The van der Waals surface area contributed by atoms with Crippen molar-refractivity contribution in [1.82, 2.24) is 0 Å². The van der Waals surface area contributed by atoms with Gasteiger partial charge in [-0.25, -0.2) is 0 Å². The van der Waals surface area contributed by atoms with Crippen LogP contribution in [0, 0.1) is 5.92 Å². The zero-order chi connectivity index (χ0) is 8.85. The quantitative estimate of drug-likeness (QED) is 0.603. The van der Waals surface area contributed by atoms with Gasteiger partial charge in [0, 0.05) is 6.42 Å². The molecule has 5 heteroatoms. The number of rotatable bonds is 5. The second-order valence-electron chi connectivity index (χ2n) is 2.53. The van der Waals surface area contributed by atoms with Gasteiger partial charge in [0.25, 0.3) is 0 Å². The van der Waals surface area contributed by atoms with Crippen LogP contribution in [0.4, 0.5) is 0 Å². The first-order chi connectivity index (χ1) is 5.04. The summed E-state index contributed by atoms with van der Waals surface area (Å²) in [4.78, 5) is 20.2. The van der Waals surface area contributed by atoms with Gasteiger partial charge in [0.05, 0.1) is 5.92 Å². The third-order valence-corrected chi connectivity index (χ3v) is 1.45. The first-order valence-corrected chi connectivity index (χ1v) is 3.48. The Hall–Kier alpha value is -0.0600. The van der Waals surface area contributed by atoms with Crippen LogP contribution in [0.15, 0.2) is 0 Å². The van der Waals surface area contributed by atoms with E-state index in [2.05, 4.69) is 0 Å². The zero-order valence-electron chi connectivity index (χ0n) is 6.41. The molecule has 0 radical (unpaired) electrons. The molecule has 1 atom stereocenters. The topological polar surface area (TPSA) is 74.6 Å². The molecule has 0 heterocycles. The molecule has 0 aromatic rings. The molecule has 0 amide bonds. The Bertz CT molecular complexity index is 157. The summed E-state index contributed by atoms with van der Waals surface area (Å²) in [5.74, 6) is -2.17. The summed E-state index contributed by atoms with van der Waals surface area (Å²) in [6, 6.07) is 0. The van der Waals surface area contributed by atoms with E-state index in [1.54, 1.807) is 6.92 Å². The Morgan fingerprint density at radius 3 is 2.17 bits per heavy atom. The standard InChI is InChI=1S/C7H12O4.Na.H/c1-5(7(10)11)3-2-4-6(8)9;;/h5H,2-4H2,1H3,(H,8,9)(H,10,11);;. The van der Waals surface area contributed by atoms with Gasteiger partial charge in [0.1, 0.15) is 0 Å². The van der Waals surface area contributed by atoms with Crippen molar-refractivity contribution < 1.29 is 19.8 Å². The van der Waals surface area contributed by atoms with Crippen molar-refractivity contribution in [1.29, 1.82) is 0 Å². The first-order valence-electron chi connectivity index (χ1n) is 3.48. The van der Waals surface area contributed by atoms with E-state index in [9.17, 15) is 9.59 Å². The van der Waals surface area contributed by atoms with Gasteiger partial charge < -0.3 is 10.2 Å². The van der Waals surface area contributed by atoms with Crippen molar-refractivity contribution >= 4 is 41.5 Å². The number of hydrogen-bond acceptors (Lipinski definition) is 2. The summed E-state index contributed by atoms with van der Waals surface area (Å²) in [6.45, 7) is 1.57. The SMILES string of the molecule is CC(CCCC(=O)O)C(=O)O.[NaH]. The van der Waals surface area contributed by atoms with Gasteiger partial charge in [-0.15, -0.1) is 0 Å². The van der Waals surface area contributed by atoms with Gasteiger partial charge in [0.15, 0.2) is 0 Å². The van der Waals surface area contributed by atoms with Crippen LogP contribution in [-0.4, -0.2) is 51.7 Å². The molecule has 0 aliphatic carbocycles. The minimum absolute atomic E-state index is 0. The van der Waals surface area contributed by atoms with Crippen molar-refractivity contribution in [3.8, 4) is 0 Å². The Kier molecular flexibility index (Phi) is 9.14. The molecule has 0 saturated heterocycles. The molecule has 2 N–H and O–H groups in total. The van der Waals surface area contributed by atoms with E-state index in [1.807, 2.05) is 0 Å². The number of hydrogen-bond donors (Lipinski definition) is 2.